The number of benzene rings is 3. The van der Waals surface area contributed by atoms with Gasteiger partial charge in [0.2, 0.25) is 0 Å². The fraction of sp³-hybridized carbons (Fsp3) is 0.424. The van der Waals surface area contributed by atoms with Crippen molar-refractivity contribution >= 4 is 5.97 Å². The largest absolute Gasteiger partial charge is 0.465 e. The van der Waals surface area contributed by atoms with Crippen molar-refractivity contribution in [3.63, 3.8) is 0 Å². The van der Waals surface area contributed by atoms with E-state index < -0.39 is 30.7 Å². The molecule has 0 unspecified atom stereocenters. The first-order valence-electron chi connectivity index (χ1n) is 13.8. The summed E-state index contributed by atoms with van der Waals surface area (Å²) in [6, 6.07) is 29.7. The molecule has 0 aliphatic carbocycles. The summed E-state index contributed by atoms with van der Waals surface area (Å²) >= 11 is 0. The SMILES string of the molecule is CO[C@H]1O[C@H](CC(=O)OCC(C)C)[C@@H](OCc2ccccc2)[C@H](OCc2ccccc2)[C@H]1OCc1ccccc1. The van der Waals surface area contributed by atoms with Crippen LogP contribution in [0.2, 0.25) is 0 Å². The van der Waals surface area contributed by atoms with Crippen molar-refractivity contribution in [2.24, 2.45) is 5.92 Å². The number of carbonyl (C=O) groups excluding carboxylic acids is 1. The van der Waals surface area contributed by atoms with Crippen LogP contribution in [0.1, 0.15) is 37.0 Å². The van der Waals surface area contributed by atoms with Gasteiger partial charge in [-0.05, 0) is 22.6 Å². The standard InChI is InChI=1S/C33H40O7/c1-24(2)20-36-29(34)19-28-30(37-21-25-13-7-4-8-14-25)31(38-22-26-15-9-5-10-16-26)32(33(35-3)40-28)39-23-27-17-11-6-12-18-27/h4-18,24,28,30-33H,19-23H2,1-3H3/t28-,30-,31+,32-,33+/m1/s1. The molecule has 1 fully saturated rings. The minimum Gasteiger partial charge on any atom is -0.465 e. The average molecular weight is 549 g/mol. The number of ether oxygens (including phenoxy) is 6. The Kier molecular flexibility index (Phi) is 11.7. The molecule has 7 heteroatoms. The predicted molar refractivity (Wildman–Crippen MR) is 151 cm³/mol. The molecular weight excluding hydrogens is 508 g/mol. The zero-order valence-electron chi connectivity index (χ0n) is 23.5. The van der Waals surface area contributed by atoms with E-state index in [4.69, 9.17) is 28.4 Å². The number of rotatable bonds is 14. The van der Waals surface area contributed by atoms with E-state index in [1.807, 2.05) is 105 Å². The molecule has 1 saturated heterocycles. The van der Waals surface area contributed by atoms with Gasteiger partial charge in [-0.1, -0.05) is 105 Å². The zero-order chi connectivity index (χ0) is 28.2. The maximum Gasteiger partial charge on any atom is 0.308 e. The Hall–Kier alpha value is -3.07. The molecule has 0 saturated carbocycles. The minimum atomic E-state index is -0.774. The lowest BCUT2D eigenvalue weighted by Crippen LogP contribution is -2.61. The lowest BCUT2D eigenvalue weighted by atomic mass is 9.95. The Morgan fingerprint density at radius 2 is 1.15 bits per heavy atom. The Labute approximate surface area is 237 Å². The van der Waals surface area contributed by atoms with E-state index in [9.17, 15) is 4.79 Å². The van der Waals surface area contributed by atoms with Gasteiger partial charge in [0.05, 0.1) is 32.8 Å². The molecule has 0 amide bonds. The highest BCUT2D eigenvalue weighted by Gasteiger charge is 2.49. The average Bonchev–Trinajstić information content (AvgIpc) is 2.99. The van der Waals surface area contributed by atoms with Crippen LogP contribution in [0.25, 0.3) is 0 Å². The third-order valence-corrected chi connectivity index (χ3v) is 6.62. The number of esters is 1. The molecule has 0 N–H and O–H groups in total. The molecule has 0 aromatic heterocycles. The van der Waals surface area contributed by atoms with Crippen molar-refractivity contribution in [3.05, 3.63) is 108 Å². The van der Waals surface area contributed by atoms with Crippen molar-refractivity contribution < 1.29 is 33.2 Å². The molecule has 3 aromatic rings. The smallest absolute Gasteiger partial charge is 0.308 e. The fourth-order valence-electron chi connectivity index (χ4n) is 4.58. The highest BCUT2D eigenvalue weighted by molar-refractivity contribution is 5.70. The lowest BCUT2D eigenvalue weighted by molar-refractivity contribution is -0.318. The Morgan fingerprint density at radius 3 is 1.60 bits per heavy atom. The molecule has 1 aliphatic heterocycles. The molecular formula is C33H40O7. The molecule has 5 atom stereocenters. The summed E-state index contributed by atoms with van der Waals surface area (Å²) in [5.74, 6) is -0.127. The van der Waals surface area contributed by atoms with Crippen molar-refractivity contribution in [2.45, 2.75) is 70.8 Å². The summed E-state index contributed by atoms with van der Waals surface area (Å²) < 4.78 is 37.1. The van der Waals surface area contributed by atoms with Gasteiger partial charge >= 0.3 is 5.97 Å². The summed E-state index contributed by atoms with van der Waals surface area (Å²) in [6.45, 7) is 5.33. The molecule has 7 nitrogen and oxygen atoms in total. The normalized spacial score (nSPS) is 22.8. The Balaban J connectivity index is 1.60. The van der Waals surface area contributed by atoms with Crippen molar-refractivity contribution in [1.29, 1.82) is 0 Å². The number of methoxy groups -OCH3 is 1. The van der Waals surface area contributed by atoms with E-state index in [1.54, 1.807) is 7.11 Å². The third-order valence-electron chi connectivity index (χ3n) is 6.62. The van der Waals surface area contributed by atoms with Crippen LogP contribution in [-0.2, 0) is 53.0 Å². The van der Waals surface area contributed by atoms with E-state index in [2.05, 4.69) is 0 Å². The van der Waals surface area contributed by atoms with Crippen LogP contribution in [0.15, 0.2) is 91.0 Å². The van der Waals surface area contributed by atoms with Crippen LogP contribution in [0.3, 0.4) is 0 Å². The number of hydrogen-bond donors (Lipinski definition) is 0. The van der Waals surface area contributed by atoms with Gasteiger partial charge in [-0.25, -0.2) is 0 Å². The second kappa shape index (κ2) is 15.6. The summed E-state index contributed by atoms with van der Waals surface area (Å²) in [4.78, 5) is 12.8. The van der Waals surface area contributed by atoms with Gasteiger partial charge in [-0.3, -0.25) is 4.79 Å². The summed E-state index contributed by atoms with van der Waals surface area (Å²) in [5, 5.41) is 0. The van der Waals surface area contributed by atoms with Gasteiger partial charge in [0.25, 0.3) is 0 Å². The van der Waals surface area contributed by atoms with Crippen LogP contribution in [-0.4, -0.2) is 50.4 Å². The van der Waals surface area contributed by atoms with E-state index in [0.717, 1.165) is 16.7 Å². The molecule has 40 heavy (non-hydrogen) atoms. The first kappa shape index (κ1) is 29.9. The Morgan fingerprint density at radius 1 is 0.700 bits per heavy atom. The van der Waals surface area contributed by atoms with Crippen LogP contribution >= 0.6 is 0 Å². The first-order valence-corrected chi connectivity index (χ1v) is 13.8. The molecule has 0 spiro atoms. The van der Waals surface area contributed by atoms with Gasteiger partial charge in [-0.2, -0.15) is 0 Å². The zero-order valence-corrected chi connectivity index (χ0v) is 23.5. The maximum atomic E-state index is 12.8. The minimum absolute atomic E-state index is 0.00262. The summed E-state index contributed by atoms with van der Waals surface area (Å²) in [7, 11) is 1.57. The highest BCUT2D eigenvalue weighted by atomic mass is 16.7. The second-order valence-electron chi connectivity index (χ2n) is 10.3. The lowest BCUT2D eigenvalue weighted by Gasteiger charge is -2.45. The van der Waals surface area contributed by atoms with E-state index in [1.165, 1.54) is 0 Å². The monoisotopic (exact) mass is 548 g/mol. The highest BCUT2D eigenvalue weighted by Crippen LogP contribution is 2.32. The second-order valence-corrected chi connectivity index (χ2v) is 10.3. The van der Waals surface area contributed by atoms with Gasteiger partial charge in [0.1, 0.15) is 24.4 Å². The molecule has 4 rings (SSSR count). The summed E-state index contributed by atoms with van der Waals surface area (Å²) in [6.07, 6.45) is -3.26. The van der Waals surface area contributed by atoms with Crippen LogP contribution in [0.5, 0.6) is 0 Å². The third kappa shape index (κ3) is 8.98. The Bertz CT molecular complexity index is 1120. The van der Waals surface area contributed by atoms with Crippen LogP contribution in [0.4, 0.5) is 0 Å². The molecule has 214 valence electrons. The molecule has 3 aromatic carbocycles. The van der Waals surface area contributed by atoms with Gasteiger partial charge in [0, 0.05) is 7.11 Å². The molecule has 0 bridgehead atoms. The van der Waals surface area contributed by atoms with Crippen LogP contribution < -0.4 is 0 Å². The first-order chi connectivity index (χ1) is 19.5. The van der Waals surface area contributed by atoms with E-state index >= 15 is 0 Å². The predicted octanol–water partition coefficient (Wildman–Crippen LogP) is 5.70. The van der Waals surface area contributed by atoms with Crippen molar-refractivity contribution in [2.75, 3.05) is 13.7 Å². The van der Waals surface area contributed by atoms with Gasteiger partial charge < -0.3 is 28.4 Å². The van der Waals surface area contributed by atoms with E-state index in [-0.39, 0.29) is 18.3 Å². The topological polar surface area (TPSA) is 72.5 Å². The van der Waals surface area contributed by atoms with Crippen molar-refractivity contribution in [3.8, 4) is 0 Å². The molecule has 1 heterocycles. The van der Waals surface area contributed by atoms with E-state index in [0.29, 0.717) is 26.4 Å². The van der Waals surface area contributed by atoms with Gasteiger partial charge in [0.15, 0.2) is 6.29 Å². The fourth-order valence-corrected chi connectivity index (χ4v) is 4.58. The summed E-state index contributed by atoms with van der Waals surface area (Å²) in [5.41, 5.74) is 3.03. The van der Waals surface area contributed by atoms with Crippen molar-refractivity contribution in [1.82, 2.24) is 0 Å². The number of hydrogen-bond acceptors (Lipinski definition) is 7. The molecule has 1 aliphatic rings. The number of carbonyl (C=O) groups is 1. The van der Waals surface area contributed by atoms with Crippen LogP contribution in [0, 0.1) is 5.92 Å². The quantitative estimate of drug-likeness (QED) is 0.239. The van der Waals surface area contributed by atoms with Gasteiger partial charge in [-0.15, -0.1) is 0 Å². The maximum absolute atomic E-state index is 12.8. The molecule has 0 radical (unpaired) electrons.